The third-order valence-corrected chi connectivity index (χ3v) is 4.84. The second kappa shape index (κ2) is 8.25. The Morgan fingerprint density at radius 3 is 2.43 bits per heavy atom. The number of hydrogen-bond donors (Lipinski definition) is 2. The Labute approximate surface area is 164 Å². The van der Waals surface area contributed by atoms with Crippen LogP contribution in [0.3, 0.4) is 0 Å². The van der Waals surface area contributed by atoms with E-state index in [0.717, 1.165) is 35.6 Å². The first-order valence-electron chi connectivity index (χ1n) is 9.40. The van der Waals surface area contributed by atoms with Crippen molar-refractivity contribution in [1.82, 2.24) is 14.9 Å². The molecule has 0 aliphatic rings. The molecular formula is C23H24N4O. The van der Waals surface area contributed by atoms with Gasteiger partial charge in [0, 0.05) is 25.3 Å². The molecule has 1 aromatic heterocycles. The Bertz CT molecular complexity index is 1050. The van der Waals surface area contributed by atoms with Gasteiger partial charge in [0.15, 0.2) is 0 Å². The minimum absolute atomic E-state index is 0.653. The van der Waals surface area contributed by atoms with Gasteiger partial charge in [0.2, 0.25) is 0 Å². The van der Waals surface area contributed by atoms with Crippen molar-refractivity contribution in [1.29, 1.82) is 0 Å². The van der Waals surface area contributed by atoms with Gasteiger partial charge in [0.05, 0.1) is 18.1 Å². The lowest BCUT2D eigenvalue weighted by molar-refractivity contribution is 0.415. The van der Waals surface area contributed by atoms with E-state index in [-0.39, 0.29) is 0 Å². The van der Waals surface area contributed by atoms with Crippen molar-refractivity contribution in [3.05, 3.63) is 78.6 Å². The summed E-state index contributed by atoms with van der Waals surface area (Å²) in [6.45, 7) is 2.31. The Morgan fingerprint density at radius 2 is 1.71 bits per heavy atom. The topological polar surface area (TPSA) is 65.1 Å². The van der Waals surface area contributed by atoms with Crippen LogP contribution < -0.4 is 15.8 Å². The molecule has 142 valence electrons. The molecule has 0 unspecified atom stereocenters. The number of nitrogens with two attached hydrogens (primary N) is 1. The summed E-state index contributed by atoms with van der Waals surface area (Å²) in [4.78, 5) is 4.54. The largest absolute Gasteiger partial charge is 0.497 e. The number of benzene rings is 3. The van der Waals surface area contributed by atoms with Crippen LogP contribution in [0.25, 0.3) is 27.8 Å². The first-order chi connectivity index (χ1) is 13.8. The zero-order valence-corrected chi connectivity index (χ0v) is 15.9. The molecule has 0 saturated carbocycles. The minimum atomic E-state index is 0.653. The van der Waals surface area contributed by atoms with Crippen molar-refractivity contribution in [3.63, 3.8) is 0 Å². The number of hydrogen-bond acceptors (Lipinski definition) is 4. The number of methoxy groups -OCH3 is 1. The van der Waals surface area contributed by atoms with E-state index < -0.39 is 0 Å². The maximum absolute atomic E-state index is 5.52. The van der Waals surface area contributed by atoms with Crippen LogP contribution in [-0.4, -0.2) is 29.8 Å². The monoisotopic (exact) mass is 372 g/mol. The van der Waals surface area contributed by atoms with Crippen molar-refractivity contribution in [2.45, 2.75) is 6.54 Å². The lowest BCUT2D eigenvalue weighted by atomic mass is 10.0. The van der Waals surface area contributed by atoms with Gasteiger partial charge in [-0.2, -0.15) is 0 Å². The second-order valence-electron chi connectivity index (χ2n) is 6.68. The highest BCUT2D eigenvalue weighted by Gasteiger charge is 2.07. The van der Waals surface area contributed by atoms with Gasteiger partial charge in [-0.25, -0.2) is 4.98 Å². The van der Waals surface area contributed by atoms with Crippen LogP contribution in [0.15, 0.2) is 73.1 Å². The average Bonchev–Trinajstić information content (AvgIpc) is 3.18. The summed E-state index contributed by atoms with van der Waals surface area (Å²) in [6, 6.07) is 23.0. The molecule has 0 radical (unpaired) electrons. The van der Waals surface area contributed by atoms with Crippen LogP contribution in [0, 0.1) is 0 Å². The molecule has 4 aromatic rings. The van der Waals surface area contributed by atoms with E-state index in [4.69, 9.17) is 10.5 Å². The molecule has 0 aliphatic carbocycles. The maximum atomic E-state index is 5.52. The number of nitrogens with one attached hydrogen (secondary N) is 1. The maximum Gasteiger partial charge on any atom is 0.119 e. The molecule has 3 N–H and O–H groups in total. The van der Waals surface area contributed by atoms with Gasteiger partial charge >= 0.3 is 0 Å². The van der Waals surface area contributed by atoms with Crippen LogP contribution in [0.4, 0.5) is 0 Å². The van der Waals surface area contributed by atoms with Gasteiger partial charge in [-0.1, -0.05) is 30.3 Å². The molecule has 0 bridgehead atoms. The standard InChI is InChI=1S/C23H24N4O/c1-28-21-9-7-20(8-10-21)27-16-26-22-11-6-19(14-23(22)27)18-4-2-17(3-5-18)15-25-13-12-24/h2-11,14,16,25H,12-13,15,24H2,1H3. The molecular weight excluding hydrogens is 348 g/mol. The minimum Gasteiger partial charge on any atom is -0.497 e. The summed E-state index contributed by atoms with van der Waals surface area (Å²) in [5, 5.41) is 3.32. The van der Waals surface area contributed by atoms with Crippen LogP contribution in [0.1, 0.15) is 5.56 Å². The zero-order chi connectivity index (χ0) is 19.3. The first kappa shape index (κ1) is 18.2. The van der Waals surface area contributed by atoms with E-state index >= 15 is 0 Å². The average molecular weight is 372 g/mol. The Morgan fingerprint density at radius 1 is 0.964 bits per heavy atom. The highest BCUT2D eigenvalue weighted by Crippen LogP contribution is 2.26. The van der Waals surface area contributed by atoms with Gasteiger partial charge < -0.3 is 15.8 Å². The first-order valence-corrected chi connectivity index (χ1v) is 9.40. The van der Waals surface area contributed by atoms with Crippen molar-refractivity contribution < 1.29 is 4.74 Å². The Hall–Kier alpha value is -3.15. The number of rotatable bonds is 7. The zero-order valence-electron chi connectivity index (χ0n) is 15.9. The van der Waals surface area contributed by atoms with Crippen LogP contribution in [-0.2, 0) is 6.54 Å². The molecule has 0 fully saturated rings. The molecule has 0 saturated heterocycles. The summed E-state index contributed by atoms with van der Waals surface area (Å²) >= 11 is 0. The molecule has 5 nitrogen and oxygen atoms in total. The van der Waals surface area contributed by atoms with Gasteiger partial charge in [-0.15, -0.1) is 0 Å². The number of imidazole rings is 1. The number of fused-ring (bicyclic) bond motifs is 1. The molecule has 3 aromatic carbocycles. The third kappa shape index (κ3) is 3.76. The summed E-state index contributed by atoms with van der Waals surface area (Å²) in [5.74, 6) is 0.843. The van der Waals surface area contributed by atoms with Gasteiger partial charge in [0.25, 0.3) is 0 Å². The van der Waals surface area contributed by atoms with Crippen molar-refractivity contribution >= 4 is 11.0 Å². The number of aromatic nitrogens is 2. The van der Waals surface area contributed by atoms with E-state index in [1.54, 1.807) is 7.11 Å². The fourth-order valence-corrected chi connectivity index (χ4v) is 3.29. The molecule has 0 atom stereocenters. The van der Waals surface area contributed by atoms with Crippen molar-refractivity contribution in [3.8, 4) is 22.6 Å². The number of nitrogens with zero attached hydrogens (tertiary/aromatic N) is 2. The molecule has 5 heteroatoms. The molecule has 1 heterocycles. The predicted octanol–water partition coefficient (Wildman–Crippen LogP) is 3.75. The van der Waals surface area contributed by atoms with Crippen molar-refractivity contribution in [2.24, 2.45) is 5.73 Å². The van der Waals surface area contributed by atoms with E-state index in [0.29, 0.717) is 6.54 Å². The van der Waals surface area contributed by atoms with E-state index in [9.17, 15) is 0 Å². The molecule has 0 amide bonds. The van der Waals surface area contributed by atoms with Crippen LogP contribution in [0.5, 0.6) is 5.75 Å². The second-order valence-corrected chi connectivity index (χ2v) is 6.68. The summed E-state index contributed by atoms with van der Waals surface area (Å²) in [5.41, 5.74) is 12.2. The third-order valence-electron chi connectivity index (χ3n) is 4.84. The highest BCUT2D eigenvalue weighted by atomic mass is 16.5. The normalized spacial score (nSPS) is 11.1. The van der Waals surface area contributed by atoms with Crippen LogP contribution in [0.2, 0.25) is 0 Å². The summed E-state index contributed by atoms with van der Waals surface area (Å²) < 4.78 is 7.36. The lowest BCUT2D eigenvalue weighted by Gasteiger charge is -2.08. The fourth-order valence-electron chi connectivity index (χ4n) is 3.29. The molecule has 0 aliphatic heterocycles. The number of ether oxygens (including phenoxy) is 1. The molecule has 4 rings (SSSR count). The van der Waals surface area contributed by atoms with E-state index in [1.807, 2.05) is 30.6 Å². The molecule has 0 spiro atoms. The van der Waals surface area contributed by atoms with E-state index in [1.165, 1.54) is 16.7 Å². The molecule has 28 heavy (non-hydrogen) atoms. The van der Waals surface area contributed by atoms with Gasteiger partial charge in [-0.05, 0) is 53.1 Å². The Balaban J connectivity index is 1.63. The van der Waals surface area contributed by atoms with Crippen LogP contribution >= 0.6 is 0 Å². The lowest BCUT2D eigenvalue weighted by Crippen LogP contribution is -2.21. The van der Waals surface area contributed by atoms with Gasteiger partial charge in [-0.3, -0.25) is 4.57 Å². The smallest absolute Gasteiger partial charge is 0.119 e. The highest BCUT2D eigenvalue weighted by molar-refractivity contribution is 5.83. The fraction of sp³-hybridized carbons (Fsp3) is 0.174. The van der Waals surface area contributed by atoms with E-state index in [2.05, 4.69) is 57.3 Å². The SMILES string of the molecule is COc1ccc(-n2cnc3ccc(-c4ccc(CNCCN)cc4)cc32)cc1. The summed E-state index contributed by atoms with van der Waals surface area (Å²) in [7, 11) is 1.67. The predicted molar refractivity (Wildman–Crippen MR) is 114 cm³/mol. The quantitative estimate of drug-likeness (QED) is 0.485. The van der Waals surface area contributed by atoms with Crippen molar-refractivity contribution in [2.75, 3.05) is 20.2 Å². The van der Waals surface area contributed by atoms with Gasteiger partial charge in [0.1, 0.15) is 12.1 Å². The Kier molecular flexibility index (Phi) is 5.37. The summed E-state index contributed by atoms with van der Waals surface area (Å²) in [6.07, 6.45) is 1.86.